The highest BCUT2D eigenvalue weighted by molar-refractivity contribution is 5.13. The van der Waals surface area contributed by atoms with Crippen LogP contribution in [0.2, 0.25) is 0 Å². The Bertz CT molecular complexity index is 273. The molecule has 0 aliphatic rings. The summed E-state index contributed by atoms with van der Waals surface area (Å²) in [5.41, 5.74) is 7.05. The highest BCUT2D eigenvalue weighted by Crippen LogP contribution is 1.99. The van der Waals surface area contributed by atoms with Crippen molar-refractivity contribution in [2.45, 2.75) is 19.8 Å². The molecule has 11 heavy (non-hydrogen) atoms. The van der Waals surface area contributed by atoms with Gasteiger partial charge in [-0.25, -0.2) is 0 Å². The molecule has 0 saturated carbocycles. The van der Waals surface area contributed by atoms with Crippen molar-refractivity contribution in [3.05, 3.63) is 21.6 Å². The van der Waals surface area contributed by atoms with Gasteiger partial charge in [0.15, 0.2) is 0 Å². The third kappa shape index (κ3) is 1.71. The van der Waals surface area contributed by atoms with Crippen LogP contribution in [0.25, 0.3) is 0 Å². The average molecular weight is 155 g/mol. The molecule has 1 aromatic heterocycles. The third-order valence-corrected chi connectivity index (χ3v) is 1.75. The molecule has 0 aromatic carbocycles. The Morgan fingerprint density at radius 1 is 1.45 bits per heavy atom. The van der Waals surface area contributed by atoms with Crippen LogP contribution in [0.1, 0.15) is 17.7 Å². The maximum atomic E-state index is 10.9. The van der Waals surface area contributed by atoms with Gasteiger partial charge < -0.3 is 10.8 Å². The summed E-state index contributed by atoms with van der Waals surface area (Å²) in [5, 5.41) is 5.34. The van der Waals surface area contributed by atoms with E-state index >= 15 is 0 Å². The number of aryl methyl sites for hydroxylation is 1. The minimum atomic E-state index is -0.0305. The maximum absolute atomic E-state index is 10.9. The van der Waals surface area contributed by atoms with Crippen LogP contribution in [-0.2, 0) is 6.42 Å². The fourth-order valence-electron chi connectivity index (χ4n) is 0.986. The van der Waals surface area contributed by atoms with Crippen LogP contribution in [0.3, 0.4) is 0 Å². The lowest BCUT2D eigenvalue weighted by Gasteiger charge is -1.94. The second kappa shape index (κ2) is 3.39. The van der Waals surface area contributed by atoms with Crippen LogP contribution < -0.4 is 11.3 Å². The van der Waals surface area contributed by atoms with Gasteiger partial charge in [-0.05, 0) is 26.3 Å². The molecule has 4 nitrogen and oxygen atoms in total. The molecular weight excluding hydrogens is 142 g/mol. The highest BCUT2D eigenvalue weighted by Gasteiger charge is 2.02. The summed E-state index contributed by atoms with van der Waals surface area (Å²) in [6.45, 7) is 2.47. The minimum absolute atomic E-state index is 0.0305. The van der Waals surface area contributed by atoms with E-state index in [9.17, 15) is 4.79 Å². The summed E-state index contributed by atoms with van der Waals surface area (Å²) in [4.78, 5) is 10.9. The number of hydrogen-bond donors (Lipinski definition) is 3. The van der Waals surface area contributed by atoms with Crippen LogP contribution >= 0.6 is 0 Å². The number of aromatic amines is 2. The first-order valence-corrected chi connectivity index (χ1v) is 3.72. The summed E-state index contributed by atoms with van der Waals surface area (Å²) in [5.74, 6) is 0. The zero-order valence-electron chi connectivity index (χ0n) is 6.61. The fourth-order valence-corrected chi connectivity index (χ4v) is 0.986. The number of aromatic nitrogens is 2. The predicted molar refractivity (Wildman–Crippen MR) is 43.5 cm³/mol. The number of rotatable bonds is 3. The van der Waals surface area contributed by atoms with Crippen molar-refractivity contribution < 1.29 is 0 Å². The van der Waals surface area contributed by atoms with Gasteiger partial charge >= 0.3 is 0 Å². The summed E-state index contributed by atoms with van der Waals surface area (Å²) in [6, 6.07) is 0. The second-order valence-corrected chi connectivity index (χ2v) is 2.57. The van der Waals surface area contributed by atoms with Crippen molar-refractivity contribution in [2.24, 2.45) is 5.73 Å². The van der Waals surface area contributed by atoms with Crippen LogP contribution in [0.15, 0.2) is 4.79 Å². The Kier molecular flexibility index (Phi) is 2.48. The lowest BCUT2D eigenvalue weighted by molar-refractivity contribution is 0.799. The maximum Gasteiger partial charge on any atom is 0.267 e. The molecule has 1 rings (SSSR count). The monoisotopic (exact) mass is 155 g/mol. The largest absolute Gasteiger partial charge is 0.330 e. The molecule has 1 heterocycles. The van der Waals surface area contributed by atoms with E-state index in [4.69, 9.17) is 5.73 Å². The molecule has 1 aromatic rings. The molecule has 0 aliphatic carbocycles. The lowest BCUT2D eigenvalue weighted by atomic mass is 10.2. The predicted octanol–water partition coefficient (Wildman–Crippen LogP) is -0.0973. The van der Waals surface area contributed by atoms with Crippen molar-refractivity contribution in [1.82, 2.24) is 10.2 Å². The van der Waals surface area contributed by atoms with Gasteiger partial charge in [0.2, 0.25) is 0 Å². The van der Waals surface area contributed by atoms with Crippen LogP contribution in [0.5, 0.6) is 0 Å². The second-order valence-electron chi connectivity index (χ2n) is 2.57. The summed E-state index contributed by atoms with van der Waals surface area (Å²) >= 11 is 0. The van der Waals surface area contributed by atoms with Gasteiger partial charge in [0, 0.05) is 11.3 Å². The van der Waals surface area contributed by atoms with Crippen LogP contribution in [0.4, 0.5) is 0 Å². The van der Waals surface area contributed by atoms with Gasteiger partial charge in [-0.2, -0.15) is 0 Å². The third-order valence-electron chi connectivity index (χ3n) is 1.75. The Morgan fingerprint density at radius 3 is 2.64 bits per heavy atom. The summed E-state index contributed by atoms with van der Waals surface area (Å²) in [7, 11) is 0. The van der Waals surface area contributed by atoms with E-state index in [0.29, 0.717) is 6.54 Å². The van der Waals surface area contributed by atoms with Gasteiger partial charge in [0.25, 0.3) is 5.56 Å². The van der Waals surface area contributed by atoms with Crippen LogP contribution in [0, 0.1) is 6.92 Å². The molecule has 4 heteroatoms. The van der Waals surface area contributed by atoms with E-state index in [1.165, 1.54) is 0 Å². The average Bonchev–Trinajstić information content (AvgIpc) is 2.31. The lowest BCUT2D eigenvalue weighted by Crippen LogP contribution is -2.03. The van der Waals surface area contributed by atoms with Crippen LogP contribution in [-0.4, -0.2) is 16.7 Å². The van der Waals surface area contributed by atoms with E-state index in [1.807, 2.05) is 0 Å². The molecule has 0 atom stereocenters. The molecule has 0 radical (unpaired) electrons. The van der Waals surface area contributed by atoms with Crippen molar-refractivity contribution in [3.63, 3.8) is 0 Å². The fraction of sp³-hybridized carbons (Fsp3) is 0.571. The van der Waals surface area contributed by atoms with Crippen molar-refractivity contribution in [1.29, 1.82) is 0 Å². The first-order valence-electron chi connectivity index (χ1n) is 3.72. The van der Waals surface area contributed by atoms with Crippen molar-refractivity contribution >= 4 is 0 Å². The normalized spacial score (nSPS) is 10.4. The highest BCUT2D eigenvalue weighted by atomic mass is 16.1. The Labute approximate surface area is 64.8 Å². The Hall–Kier alpha value is -1.03. The van der Waals surface area contributed by atoms with Gasteiger partial charge in [-0.15, -0.1) is 0 Å². The van der Waals surface area contributed by atoms with Crippen molar-refractivity contribution in [3.8, 4) is 0 Å². The van der Waals surface area contributed by atoms with Gasteiger partial charge in [-0.1, -0.05) is 0 Å². The standard InChI is InChI=1S/C7H13N3O/c1-5-6(3-2-4-8)9-10-7(5)11/h2-4,8H2,1H3,(H2,9,10,11). The zero-order valence-corrected chi connectivity index (χ0v) is 6.61. The van der Waals surface area contributed by atoms with E-state index in [2.05, 4.69) is 10.2 Å². The molecular formula is C7H13N3O. The van der Waals surface area contributed by atoms with Gasteiger partial charge in [0.05, 0.1) is 0 Å². The Morgan fingerprint density at radius 2 is 2.18 bits per heavy atom. The van der Waals surface area contributed by atoms with Crippen molar-refractivity contribution in [2.75, 3.05) is 6.54 Å². The smallest absolute Gasteiger partial charge is 0.267 e. The molecule has 62 valence electrons. The molecule has 0 aliphatic heterocycles. The van der Waals surface area contributed by atoms with Gasteiger partial charge in [0.1, 0.15) is 0 Å². The van der Waals surface area contributed by atoms with Gasteiger partial charge in [-0.3, -0.25) is 9.89 Å². The van der Waals surface area contributed by atoms with E-state index in [0.717, 1.165) is 24.1 Å². The molecule has 0 bridgehead atoms. The molecule has 0 saturated heterocycles. The zero-order chi connectivity index (χ0) is 8.27. The number of nitrogens with two attached hydrogens (primary N) is 1. The SMILES string of the molecule is Cc1c(CCCN)[nH][nH]c1=O. The van der Waals surface area contributed by atoms with E-state index in [1.54, 1.807) is 6.92 Å². The number of H-pyrrole nitrogens is 2. The molecule has 0 unspecified atom stereocenters. The topological polar surface area (TPSA) is 74.7 Å². The number of nitrogens with one attached hydrogen (secondary N) is 2. The first kappa shape index (κ1) is 8.07. The molecule has 4 N–H and O–H groups in total. The number of hydrogen-bond acceptors (Lipinski definition) is 2. The molecule has 0 amide bonds. The Balaban J connectivity index is 2.71. The molecule has 0 fully saturated rings. The quantitative estimate of drug-likeness (QED) is 0.570. The molecule has 0 spiro atoms. The summed E-state index contributed by atoms with van der Waals surface area (Å²) in [6.07, 6.45) is 1.76. The summed E-state index contributed by atoms with van der Waals surface area (Å²) < 4.78 is 0. The first-order chi connectivity index (χ1) is 5.25. The minimum Gasteiger partial charge on any atom is -0.330 e. The van der Waals surface area contributed by atoms with E-state index < -0.39 is 0 Å². The van der Waals surface area contributed by atoms with E-state index in [-0.39, 0.29) is 5.56 Å².